The summed E-state index contributed by atoms with van der Waals surface area (Å²) in [5, 5.41) is 18.2. The molecule has 4 aromatic rings. The van der Waals surface area contributed by atoms with Gasteiger partial charge in [-0.2, -0.15) is 0 Å². The second kappa shape index (κ2) is 16.3. The fourth-order valence-electron chi connectivity index (χ4n) is 7.96. The Kier molecular flexibility index (Phi) is 11.1. The van der Waals surface area contributed by atoms with E-state index >= 15 is 0 Å². The first-order chi connectivity index (χ1) is 29.8. The van der Waals surface area contributed by atoms with Gasteiger partial charge in [-0.05, 0) is 161 Å². The molecule has 0 atom stereocenters. The lowest BCUT2D eigenvalue weighted by Crippen LogP contribution is -2.41. The average Bonchev–Trinajstić information content (AvgIpc) is 3.91. The molecule has 6 N–H and O–H groups in total. The number of hydrogen-bond donors (Lipinski definition) is 5. The molecular formula is C50H54N4O9. The zero-order valence-corrected chi connectivity index (χ0v) is 36.5. The third-order valence-corrected chi connectivity index (χ3v) is 11.5. The van der Waals surface area contributed by atoms with Gasteiger partial charge in [0, 0.05) is 46.4 Å². The summed E-state index contributed by atoms with van der Waals surface area (Å²) in [6.07, 6.45) is 7.78. The lowest BCUT2D eigenvalue weighted by molar-refractivity contribution is -0.132. The third kappa shape index (κ3) is 9.58. The van der Waals surface area contributed by atoms with Gasteiger partial charge in [0.1, 0.15) is 0 Å². The van der Waals surface area contributed by atoms with E-state index < -0.39 is 16.8 Å². The molecule has 2 fully saturated rings. The number of nitrogens with two attached hydrogens (primary N) is 1. The molecule has 2 aliphatic heterocycles. The van der Waals surface area contributed by atoms with Crippen molar-refractivity contribution in [2.24, 2.45) is 5.73 Å². The maximum Gasteiger partial charge on any atom is 0.331 e. The highest BCUT2D eigenvalue weighted by atomic mass is 16.7. The maximum atomic E-state index is 13.2. The molecule has 0 spiro atoms. The van der Waals surface area contributed by atoms with Crippen LogP contribution in [0.1, 0.15) is 101 Å². The highest BCUT2D eigenvalue weighted by molar-refractivity contribution is 6.04. The first kappa shape index (κ1) is 43.1. The van der Waals surface area contributed by atoms with E-state index in [2.05, 4.69) is 16.0 Å². The molecular weight excluding hydrogens is 801 g/mol. The van der Waals surface area contributed by atoms with Gasteiger partial charge in [0.15, 0.2) is 23.0 Å². The molecule has 13 heteroatoms. The maximum absolute atomic E-state index is 13.2. The van der Waals surface area contributed by atoms with Gasteiger partial charge >= 0.3 is 5.97 Å². The second-order valence-electron chi connectivity index (χ2n) is 19.1. The van der Waals surface area contributed by atoms with Crippen LogP contribution in [-0.2, 0) is 42.8 Å². The van der Waals surface area contributed by atoms with Crippen molar-refractivity contribution in [3.63, 3.8) is 0 Å². The third-order valence-electron chi connectivity index (χ3n) is 11.5. The molecule has 13 nitrogen and oxygen atoms in total. The molecule has 63 heavy (non-hydrogen) atoms. The summed E-state index contributed by atoms with van der Waals surface area (Å²) in [4.78, 5) is 49.8. The summed E-state index contributed by atoms with van der Waals surface area (Å²) in [7, 11) is 0. The van der Waals surface area contributed by atoms with Crippen molar-refractivity contribution in [1.82, 2.24) is 5.32 Å². The Balaban J connectivity index is 0.000000157. The fraction of sp³-hybridized carbons (Fsp3) is 0.360. The molecule has 0 radical (unpaired) electrons. The summed E-state index contributed by atoms with van der Waals surface area (Å²) < 4.78 is 21.6. The van der Waals surface area contributed by atoms with Crippen molar-refractivity contribution < 1.29 is 43.2 Å². The van der Waals surface area contributed by atoms with Gasteiger partial charge in [-0.25, -0.2) is 4.79 Å². The highest BCUT2D eigenvalue weighted by Gasteiger charge is 2.52. The van der Waals surface area contributed by atoms with Crippen LogP contribution in [0, 0.1) is 0 Å². The zero-order valence-electron chi connectivity index (χ0n) is 36.5. The SMILES string of the molecule is CC(C)(C)N.CC(C)(C)NC(=O)C1=Cc2cc(NC(=O)C3(c4ccc5c(c4)OCO5)CC3)ccc2C1.O=C(O)C1=Cc2cc(NC(=O)C3(c4ccc5c(c4)OCO5)CC3)ccc2C1. The normalized spacial score (nSPS) is 17.3. The van der Waals surface area contributed by atoms with Crippen LogP contribution >= 0.6 is 0 Å². The van der Waals surface area contributed by atoms with Gasteiger partial charge in [-0.15, -0.1) is 0 Å². The number of benzene rings is 4. The molecule has 2 saturated carbocycles. The van der Waals surface area contributed by atoms with E-state index in [1.165, 1.54) is 0 Å². The van der Waals surface area contributed by atoms with E-state index in [4.69, 9.17) is 29.8 Å². The van der Waals surface area contributed by atoms with Crippen molar-refractivity contribution in [3.8, 4) is 23.0 Å². The standard InChI is InChI=1S/C25H26N2O4.C21H17NO5.C4H11N/c1-24(2,3)27-22(28)17-10-15-4-6-19(12-16(15)11-17)26-23(29)25(8-9-25)18-5-7-20-21(13-18)31-14-30-20;23-19(24)14-7-12-1-3-16(9-13(12)8-14)22-20(25)21(5-6-21)15-2-4-17-18(10-15)27-11-26-17;1-4(2,3)5/h4-7,11-13H,8-10,14H2,1-3H3,(H,26,29)(H,27,28);1-4,8-10H,5-7,11H2,(H,22,25)(H,23,24);5H2,1-3H3. The van der Waals surface area contributed by atoms with E-state index in [9.17, 15) is 19.2 Å². The number of hydrogen-bond acceptors (Lipinski definition) is 9. The molecule has 10 rings (SSSR count). The number of fused-ring (bicyclic) bond motifs is 4. The Morgan fingerprint density at radius 1 is 0.587 bits per heavy atom. The van der Waals surface area contributed by atoms with E-state index in [0.717, 1.165) is 76.1 Å². The fourth-order valence-corrected chi connectivity index (χ4v) is 7.96. The van der Waals surface area contributed by atoms with Crippen LogP contribution in [0.25, 0.3) is 12.2 Å². The van der Waals surface area contributed by atoms with Crippen molar-refractivity contribution in [2.75, 3.05) is 24.2 Å². The lowest BCUT2D eigenvalue weighted by Gasteiger charge is -2.20. The van der Waals surface area contributed by atoms with Crippen molar-refractivity contribution in [1.29, 1.82) is 0 Å². The van der Waals surface area contributed by atoms with Gasteiger partial charge in [-0.3, -0.25) is 14.4 Å². The van der Waals surface area contributed by atoms with Gasteiger partial charge in [0.2, 0.25) is 31.3 Å². The number of anilines is 2. The average molecular weight is 855 g/mol. The summed E-state index contributed by atoms with van der Waals surface area (Å²) >= 11 is 0. The summed E-state index contributed by atoms with van der Waals surface area (Å²) in [5.74, 6) is 1.77. The molecule has 4 aromatic carbocycles. The molecule has 0 unspecified atom stereocenters. The summed E-state index contributed by atoms with van der Waals surface area (Å²) in [6.45, 7) is 12.2. The minimum atomic E-state index is -0.906. The smallest absolute Gasteiger partial charge is 0.331 e. The lowest BCUT2D eigenvalue weighted by atomic mass is 9.94. The molecule has 4 aliphatic carbocycles. The predicted molar refractivity (Wildman–Crippen MR) is 240 cm³/mol. The van der Waals surface area contributed by atoms with Gasteiger partial charge in [0.05, 0.1) is 10.8 Å². The number of aliphatic carboxylic acids is 1. The van der Waals surface area contributed by atoms with Crippen molar-refractivity contribution >= 4 is 47.2 Å². The number of ether oxygens (including phenoxy) is 4. The molecule has 328 valence electrons. The quantitative estimate of drug-likeness (QED) is 0.117. The summed E-state index contributed by atoms with van der Waals surface area (Å²) in [5.41, 5.74) is 12.3. The van der Waals surface area contributed by atoms with Crippen LogP contribution in [-0.4, -0.2) is 53.5 Å². The Morgan fingerprint density at radius 2 is 1.00 bits per heavy atom. The van der Waals surface area contributed by atoms with Crippen molar-refractivity contribution in [3.05, 3.63) is 117 Å². The number of carboxylic acid groups (broad SMARTS) is 1. The number of carboxylic acids is 1. The first-order valence-electron chi connectivity index (χ1n) is 21.2. The van der Waals surface area contributed by atoms with E-state index in [1.54, 1.807) is 6.08 Å². The van der Waals surface area contributed by atoms with Crippen LogP contribution < -0.4 is 40.6 Å². The largest absolute Gasteiger partial charge is 0.478 e. The van der Waals surface area contributed by atoms with Gasteiger partial charge in [0.25, 0.3) is 0 Å². The summed E-state index contributed by atoms with van der Waals surface area (Å²) in [6, 6.07) is 22.8. The van der Waals surface area contributed by atoms with E-state index in [0.29, 0.717) is 41.4 Å². The minimum absolute atomic E-state index is 0. The molecule has 0 saturated heterocycles. The van der Waals surface area contributed by atoms with Crippen LogP contribution in [0.15, 0.2) is 83.9 Å². The Morgan fingerprint density at radius 3 is 1.41 bits per heavy atom. The molecule has 6 aliphatic rings. The highest BCUT2D eigenvalue weighted by Crippen LogP contribution is 2.52. The van der Waals surface area contributed by atoms with Crippen LogP contribution in [0.5, 0.6) is 23.0 Å². The number of carbonyl (C=O) groups excluding carboxylic acids is 3. The van der Waals surface area contributed by atoms with Crippen LogP contribution in [0.3, 0.4) is 0 Å². The van der Waals surface area contributed by atoms with Gasteiger partial charge in [-0.1, -0.05) is 24.3 Å². The van der Waals surface area contributed by atoms with E-state index in [-0.39, 0.29) is 42.4 Å². The Bertz CT molecular complexity index is 2580. The molecule has 2 heterocycles. The van der Waals surface area contributed by atoms with Gasteiger partial charge < -0.3 is 45.7 Å². The van der Waals surface area contributed by atoms with Crippen molar-refractivity contribution in [2.45, 2.75) is 102 Å². The topological polar surface area (TPSA) is 188 Å². The molecule has 0 bridgehead atoms. The number of nitrogens with one attached hydrogen (secondary N) is 3. The number of rotatable bonds is 8. The minimum Gasteiger partial charge on any atom is -0.478 e. The number of amides is 3. The van der Waals surface area contributed by atoms with Crippen LogP contribution in [0.2, 0.25) is 0 Å². The monoisotopic (exact) mass is 854 g/mol. The molecule has 0 aromatic heterocycles. The first-order valence-corrected chi connectivity index (χ1v) is 21.2. The number of carbonyl (C=O) groups is 4. The Labute approximate surface area is 367 Å². The predicted octanol–water partition coefficient (Wildman–Crippen LogP) is 7.79. The molecule has 3 amide bonds. The van der Waals surface area contributed by atoms with E-state index in [1.807, 2.05) is 120 Å². The Hall–Kier alpha value is -6.60. The van der Waals surface area contributed by atoms with Crippen LogP contribution in [0.4, 0.5) is 11.4 Å². The second-order valence-corrected chi connectivity index (χ2v) is 19.1. The zero-order chi connectivity index (χ0) is 44.9.